The molecule has 2 heterocycles. The molecule has 1 fully saturated rings. The summed E-state index contributed by atoms with van der Waals surface area (Å²) in [6, 6.07) is 5.69. The van der Waals surface area contributed by atoms with Crippen LogP contribution in [0.25, 0.3) is 0 Å². The van der Waals surface area contributed by atoms with Crippen LogP contribution in [0.5, 0.6) is 5.75 Å². The number of ether oxygens (including phenoxy) is 3. The van der Waals surface area contributed by atoms with Crippen molar-refractivity contribution in [3.63, 3.8) is 0 Å². The van der Waals surface area contributed by atoms with Crippen molar-refractivity contribution in [1.29, 1.82) is 0 Å². The normalized spacial score (nSPS) is 26.8. The number of nitrogens with two attached hydrogens (primary N) is 1. The number of carbonyl (C=O) groups is 1. The molecule has 0 unspecified atom stereocenters. The summed E-state index contributed by atoms with van der Waals surface area (Å²) in [5.74, 6) is 0.890. The first kappa shape index (κ1) is 18.1. The van der Waals surface area contributed by atoms with Crippen LogP contribution in [0, 0.1) is 5.41 Å². The number of nitrogen functional groups attached to an aromatic ring is 1. The fourth-order valence-electron chi connectivity index (χ4n) is 4.67. The van der Waals surface area contributed by atoms with Crippen molar-refractivity contribution in [3.05, 3.63) is 23.8 Å². The number of carbonyl (C=O) groups excluding carboxylic acids is 1. The van der Waals surface area contributed by atoms with Gasteiger partial charge >= 0.3 is 5.97 Å². The van der Waals surface area contributed by atoms with E-state index in [1.54, 1.807) is 0 Å². The van der Waals surface area contributed by atoms with E-state index in [1.165, 1.54) is 0 Å². The molecular formula is C21H28N2O4. The minimum atomic E-state index is -0.573. The Bertz CT molecular complexity index is 833. The van der Waals surface area contributed by atoms with Gasteiger partial charge in [0.05, 0.1) is 0 Å². The Morgan fingerprint density at radius 1 is 1.30 bits per heavy atom. The molecule has 4 rings (SSSR count). The molecule has 1 aliphatic carbocycles. The summed E-state index contributed by atoms with van der Waals surface area (Å²) in [7, 11) is 0. The Balaban J connectivity index is 1.74. The SMILES string of the molecule is CC(C)(C)OC(=O)CC1=N[C@@]2(CO1)c1cc(N)ccc1OC(C)(C)C21CC1. The Morgan fingerprint density at radius 3 is 2.63 bits per heavy atom. The van der Waals surface area contributed by atoms with Crippen LogP contribution in [-0.4, -0.2) is 29.7 Å². The third-order valence-corrected chi connectivity index (χ3v) is 5.99. The number of fused-ring (bicyclic) bond motifs is 3. The fraction of sp³-hybridized carbons (Fsp3) is 0.619. The molecule has 1 aromatic rings. The van der Waals surface area contributed by atoms with Crippen molar-refractivity contribution in [1.82, 2.24) is 0 Å². The highest BCUT2D eigenvalue weighted by molar-refractivity contribution is 5.95. The van der Waals surface area contributed by atoms with Gasteiger partial charge in [-0.1, -0.05) is 0 Å². The number of rotatable bonds is 2. The predicted octanol–water partition coefficient (Wildman–Crippen LogP) is 3.58. The summed E-state index contributed by atoms with van der Waals surface area (Å²) in [4.78, 5) is 17.3. The zero-order chi connectivity index (χ0) is 19.7. The molecule has 1 aromatic carbocycles. The topological polar surface area (TPSA) is 83.1 Å². The van der Waals surface area contributed by atoms with Gasteiger partial charge in [-0.05, 0) is 65.7 Å². The van der Waals surface area contributed by atoms with E-state index in [0.717, 1.165) is 24.2 Å². The maximum Gasteiger partial charge on any atom is 0.315 e. The molecule has 3 aliphatic rings. The Morgan fingerprint density at radius 2 is 2.00 bits per heavy atom. The summed E-state index contributed by atoms with van der Waals surface area (Å²) in [6.45, 7) is 10.2. The highest BCUT2D eigenvalue weighted by Gasteiger charge is 2.73. The summed E-state index contributed by atoms with van der Waals surface area (Å²) in [5.41, 5.74) is 6.05. The molecule has 0 radical (unpaired) electrons. The lowest BCUT2D eigenvalue weighted by atomic mass is 9.66. The molecule has 0 saturated heterocycles. The van der Waals surface area contributed by atoms with Crippen LogP contribution >= 0.6 is 0 Å². The van der Waals surface area contributed by atoms with E-state index in [1.807, 2.05) is 39.0 Å². The number of aliphatic imine (C=N–C) groups is 1. The second kappa shape index (κ2) is 5.40. The molecule has 2 N–H and O–H groups in total. The predicted molar refractivity (Wildman–Crippen MR) is 103 cm³/mol. The van der Waals surface area contributed by atoms with Gasteiger partial charge in [-0.3, -0.25) is 4.79 Å². The van der Waals surface area contributed by atoms with Gasteiger partial charge in [0.15, 0.2) is 5.90 Å². The Labute approximate surface area is 160 Å². The van der Waals surface area contributed by atoms with Crippen LogP contribution in [0.15, 0.2) is 23.2 Å². The van der Waals surface area contributed by atoms with Crippen LogP contribution in [-0.2, 0) is 19.8 Å². The molecule has 0 bridgehead atoms. The van der Waals surface area contributed by atoms with E-state index in [-0.39, 0.29) is 23.4 Å². The van der Waals surface area contributed by atoms with Gasteiger partial charge in [-0.25, -0.2) is 4.99 Å². The van der Waals surface area contributed by atoms with Gasteiger partial charge in [-0.15, -0.1) is 0 Å². The van der Waals surface area contributed by atoms with Gasteiger partial charge in [-0.2, -0.15) is 0 Å². The first-order valence-corrected chi connectivity index (χ1v) is 9.51. The van der Waals surface area contributed by atoms with Crippen molar-refractivity contribution in [2.45, 2.75) is 70.6 Å². The minimum Gasteiger partial charge on any atom is -0.487 e. The quantitative estimate of drug-likeness (QED) is 0.634. The molecule has 0 amide bonds. The van der Waals surface area contributed by atoms with Crippen LogP contribution in [0.4, 0.5) is 5.69 Å². The van der Waals surface area contributed by atoms with Crippen LogP contribution < -0.4 is 10.5 Å². The maximum absolute atomic E-state index is 12.3. The molecule has 2 spiro atoms. The second-order valence-corrected chi connectivity index (χ2v) is 9.37. The maximum atomic E-state index is 12.3. The number of esters is 1. The monoisotopic (exact) mass is 372 g/mol. The summed E-state index contributed by atoms with van der Waals surface area (Å²) in [6.07, 6.45) is 2.04. The lowest BCUT2D eigenvalue weighted by Gasteiger charge is -2.49. The van der Waals surface area contributed by atoms with Crippen molar-refractivity contribution in [2.24, 2.45) is 10.4 Å². The highest BCUT2D eigenvalue weighted by atomic mass is 16.6. The average molecular weight is 372 g/mol. The molecule has 146 valence electrons. The third-order valence-electron chi connectivity index (χ3n) is 5.99. The van der Waals surface area contributed by atoms with Gasteiger partial charge in [0.25, 0.3) is 0 Å². The van der Waals surface area contributed by atoms with Gasteiger partial charge in [0.1, 0.15) is 35.5 Å². The van der Waals surface area contributed by atoms with Gasteiger partial charge in [0.2, 0.25) is 0 Å². The van der Waals surface area contributed by atoms with E-state index >= 15 is 0 Å². The zero-order valence-electron chi connectivity index (χ0n) is 16.7. The minimum absolute atomic E-state index is 0.0357. The molecule has 0 aromatic heterocycles. The molecule has 1 atom stereocenters. The number of hydrogen-bond acceptors (Lipinski definition) is 6. The smallest absolute Gasteiger partial charge is 0.315 e. The summed E-state index contributed by atoms with van der Waals surface area (Å²) < 4.78 is 17.7. The molecular weight excluding hydrogens is 344 g/mol. The number of anilines is 1. The van der Waals surface area contributed by atoms with E-state index < -0.39 is 11.1 Å². The lowest BCUT2D eigenvalue weighted by molar-refractivity contribution is -0.153. The third kappa shape index (κ3) is 2.68. The second-order valence-electron chi connectivity index (χ2n) is 9.37. The molecule has 2 aliphatic heterocycles. The van der Waals surface area contributed by atoms with Crippen LogP contribution in [0.3, 0.4) is 0 Å². The Hall–Kier alpha value is -2.24. The molecule has 6 heteroatoms. The molecule has 6 nitrogen and oxygen atoms in total. The zero-order valence-corrected chi connectivity index (χ0v) is 16.7. The van der Waals surface area contributed by atoms with Crippen molar-refractivity contribution >= 4 is 17.6 Å². The first-order valence-electron chi connectivity index (χ1n) is 9.51. The fourth-order valence-corrected chi connectivity index (χ4v) is 4.67. The van der Waals surface area contributed by atoms with Gasteiger partial charge < -0.3 is 19.9 Å². The van der Waals surface area contributed by atoms with Crippen molar-refractivity contribution in [3.8, 4) is 5.75 Å². The number of benzene rings is 1. The molecule has 27 heavy (non-hydrogen) atoms. The highest BCUT2D eigenvalue weighted by Crippen LogP contribution is 2.71. The van der Waals surface area contributed by atoms with Crippen molar-refractivity contribution in [2.75, 3.05) is 12.3 Å². The largest absolute Gasteiger partial charge is 0.487 e. The van der Waals surface area contributed by atoms with E-state index in [9.17, 15) is 4.79 Å². The molecule has 1 saturated carbocycles. The standard InChI is InChI=1S/C21H28N2O4/c1-18(2,3)27-17(24)11-16-23-21(12-25-16)14-10-13(22)6-7-15(14)26-19(4,5)20(21)8-9-20/h6-7,10H,8-9,11-12,22H2,1-5H3/t21-/m0/s1. The van der Waals surface area contributed by atoms with E-state index in [2.05, 4.69) is 13.8 Å². The van der Waals surface area contributed by atoms with Crippen LogP contribution in [0.2, 0.25) is 0 Å². The first-order chi connectivity index (χ1) is 12.5. The van der Waals surface area contributed by atoms with E-state index in [0.29, 0.717) is 18.2 Å². The summed E-state index contributed by atoms with van der Waals surface area (Å²) >= 11 is 0. The van der Waals surface area contributed by atoms with Gasteiger partial charge in [0, 0.05) is 16.7 Å². The summed E-state index contributed by atoms with van der Waals surface area (Å²) in [5, 5.41) is 0. The van der Waals surface area contributed by atoms with E-state index in [4.69, 9.17) is 24.9 Å². The number of nitrogens with zero attached hydrogens (tertiary/aromatic N) is 1. The van der Waals surface area contributed by atoms with Crippen LogP contribution in [0.1, 0.15) is 59.4 Å². The lowest BCUT2D eigenvalue weighted by Crippen LogP contribution is -2.55. The Kier molecular flexibility index (Phi) is 3.62. The average Bonchev–Trinajstić information content (AvgIpc) is 3.24. The van der Waals surface area contributed by atoms with Crippen molar-refractivity contribution < 1.29 is 19.0 Å². The number of hydrogen-bond donors (Lipinski definition) is 1.